The minimum absolute atomic E-state index is 0.683. The van der Waals surface area contributed by atoms with Crippen LogP contribution in [-0.2, 0) is 17.8 Å². The summed E-state index contributed by atoms with van der Waals surface area (Å²) in [5.41, 5.74) is 1.11. The second kappa shape index (κ2) is 6.90. The third kappa shape index (κ3) is 5.19. The Hall–Kier alpha value is -0.870. The van der Waals surface area contributed by atoms with Crippen molar-refractivity contribution in [1.29, 1.82) is 0 Å². The largest absolute Gasteiger partial charge is 0.379 e. The lowest BCUT2D eigenvalue weighted by atomic mass is 10.2. The molecule has 0 saturated heterocycles. The summed E-state index contributed by atoms with van der Waals surface area (Å²) < 4.78 is 7.73. The molecule has 0 aromatic carbocycles. The monoisotopic (exact) mass is 251 g/mol. The van der Waals surface area contributed by atoms with E-state index in [1.807, 2.05) is 6.33 Å². The molecule has 0 atom stereocenters. The zero-order valence-electron chi connectivity index (χ0n) is 11.6. The molecule has 1 aliphatic rings. The minimum atomic E-state index is 0.683. The van der Waals surface area contributed by atoms with Gasteiger partial charge in [0.1, 0.15) is 0 Å². The van der Waals surface area contributed by atoms with Crippen molar-refractivity contribution < 1.29 is 4.74 Å². The Labute approximate surface area is 110 Å². The van der Waals surface area contributed by atoms with Crippen LogP contribution in [0.4, 0.5) is 0 Å². The fraction of sp³-hybridized carbons (Fsp3) is 0.786. The average Bonchev–Trinajstić information content (AvgIpc) is 3.04. The van der Waals surface area contributed by atoms with Crippen LogP contribution in [0.5, 0.6) is 0 Å². The van der Waals surface area contributed by atoms with Crippen molar-refractivity contribution in [2.75, 3.05) is 19.8 Å². The van der Waals surface area contributed by atoms with Crippen molar-refractivity contribution in [3.8, 4) is 0 Å². The standard InChI is InChI=1S/C14H25N3O/c1-12(2)7-15-8-14-9-17(11-16-14)5-6-18-10-13-3-4-13/h9,11-13,15H,3-8,10H2,1-2H3. The molecule has 1 saturated carbocycles. The summed E-state index contributed by atoms with van der Waals surface area (Å²) in [5, 5.41) is 3.40. The first-order valence-corrected chi connectivity index (χ1v) is 7.03. The molecule has 0 aliphatic heterocycles. The highest BCUT2D eigenvalue weighted by Crippen LogP contribution is 2.28. The predicted octanol–water partition coefficient (Wildman–Crippen LogP) is 2.06. The molecule has 1 aromatic rings. The first-order valence-electron chi connectivity index (χ1n) is 7.03. The Kier molecular flexibility index (Phi) is 5.20. The lowest BCUT2D eigenvalue weighted by molar-refractivity contribution is 0.117. The molecule has 4 heteroatoms. The second-order valence-electron chi connectivity index (χ2n) is 5.65. The van der Waals surface area contributed by atoms with E-state index in [9.17, 15) is 0 Å². The van der Waals surface area contributed by atoms with Crippen molar-refractivity contribution in [2.45, 2.75) is 39.8 Å². The van der Waals surface area contributed by atoms with Gasteiger partial charge in [0.25, 0.3) is 0 Å². The number of hydrogen-bond donors (Lipinski definition) is 1. The molecule has 1 aromatic heterocycles. The van der Waals surface area contributed by atoms with Crippen molar-refractivity contribution in [2.24, 2.45) is 11.8 Å². The van der Waals surface area contributed by atoms with Gasteiger partial charge in [-0.1, -0.05) is 13.8 Å². The lowest BCUT2D eigenvalue weighted by Gasteiger charge is -2.05. The number of imidazole rings is 1. The molecule has 2 rings (SSSR count). The molecule has 1 fully saturated rings. The Morgan fingerprint density at radius 2 is 2.33 bits per heavy atom. The summed E-state index contributed by atoms with van der Waals surface area (Å²) in [6, 6.07) is 0. The van der Waals surface area contributed by atoms with Crippen LogP contribution >= 0.6 is 0 Å². The highest BCUT2D eigenvalue weighted by atomic mass is 16.5. The van der Waals surface area contributed by atoms with E-state index >= 15 is 0 Å². The lowest BCUT2D eigenvalue weighted by Crippen LogP contribution is -2.19. The SMILES string of the molecule is CC(C)CNCc1cn(CCOCC2CC2)cn1. The summed E-state index contributed by atoms with van der Waals surface area (Å²) in [6.07, 6.45) is 6.72. The molecule has 0 radical (unpaired) electrons. The maximum Gasteiger partial charge on any atom is 0.0950 e. The fourth-order valence-corrected chi connectivity index (χ4v) is 1.81. The first-order chi connectivity index (χ1) is 8.74. The van der Waals surface area contributed by atoms with Gasteiger partial charge in [0.2, 0.25) is 0 Å². The van der Waals surface area contributed by atoms with Gasteiger partial charge in [0.05, 0.1) is 18.6 Å². The average molecular weight is 251 g/mol. The van der Waals surface area contributed by atoms with Crippen molar-refractivity contribution >= 4 is 0 Å². The number of rotatable bonds is 9. The van der Waals surface area contributed by atoms with E-state index in [-0.39, 0.29) is 0 Å². The third-order valence-electron chi connectivity index (χ3n) is 3.09. The molecule has 0 unspecified atom stereocenters. The zero-order chi connectivity index (χ0) is 12.8. The smallest absolute Gasteiger partial charge is 0.0950 e. The molecule has 0 amide bonds. The Morgan fingerprint density at radius 1 is 1.50 bits per heavy atom. The molecule has 18 heavy (non-hydrogen) atoms. The maximum atomic E-state index is 5.62. The number of ether oxygens (including phenoxy) is 1. The van der Waals surface area contributed by atoms with E-state index < -0.39 is 0 Å². The fourth-order valence-electron chi connectivity index (χ4n) is 1.81. The first kappa shape index (κ1) is 13.6. The van der Waals surface area contributed by atoms with Gasteiger partial charge >= 0.3 is 0 Å². The van der Waals surface area contributed by atoms with E-state index in [0.29, 0.717) is 5.92 Å². The molecule has 102 valence electrons. The Balaban J connectivity index is 1.59. The van der Waals surface area contributed by atoms with Crippen LogP contribution in [0.1, 0.15) is 32.4 Å². The molecule has 4 nitrogen and oxygen atoms in total. The summed E-state index contributed by atoms with van der Waals surface area (Å²) in [6.45, 7) is 8.96. The minimum Gasteiger partial charge on any atom is -0.379 e. The summed E-state index contributed by atoms with van der Waals surface area (Å²) in [7, 11) is 0. The number of nitrogens with zero attached hydrogens (tertiary/aromatic N) is 2. The highest BCUT2D eigenvalue weighted by Gasteiger charge is 2.20. The van der Waals surface area contributed by atoms with E-state index in [0.717, 1.165) is 44.5 Å². The van der Waals surface area contributed by atoms with Crippen LogP contribution in [0.25, 0.3) is 0 Å². The van der Waals surface area contributed by atoms with E-state index in [1.54, 1.807) is 0 Å². The zero-order valence-corrected chi connectivity index (χ0v) is 11.6. The van der Waals surface area contributed by atoms with Crippen molar-refractivity contribution in [1.82, 2.24) is 14.9 Å². The number of aromatic nitrogens is 2. The van der Waals surface area contributed by atoms with Crippen molar-refractivity contribution in [3.63, 3.8) is 0 Å². The van der Waals surface area contributed by atoms with Crippen LogP contribution in [0.2, 0.25) is 0 Å². The van der Waals surface area contributed by atoms with Crippen LogP contribution in [0.3, 0.4) is 0 Å². The molecule has 1 heterocycles. The molecular formula is C14H25N3O. The van der Waals surface area contributed by atoms with Crippen LogP contribution < -0.4 is 5.32 Å². The van der Waals surface area contributed by atoms with Gasteiger partial charge in [0, 0.05) is 25.9 Å². The Bertz CT molecular complexity index is 345. The van der Waals surface area contributed by atoms with Crippen LogP contribution in [0, 0.1) is 11.8 Å². The van der Waals surface area contributed by atoms with Gasteiger partial charge in [0.15, 0.2) is 0 Å². The van der Waals surface area contributed by atoms with Gasteiger partial charge in [-0.3, -0.25) is 0 Å². The van der Waals surface area contributed by atoms with E-state index in [4.69, 9.17) is 4.74 Å². The topological polar surface area (TPSA) is 39.1 Å². The predicted molar refractivity (Wildman–Crippen MR) is 72.3 cm³/mol. The quantitative estimate of drug-likeness (QED) is 0.683. The molecule has 1 N–H and O–H groups in total. The van der Waals surface area contributed by atoms with Gasteiger partial charge < -0.3 is 14.6 Å². The van der Waals surface area contributed by atoms with E-state index in [2.05, 4.69) is 34.9 Å². The second-order valence-corrected chi connectivity index (χ2v) is 5.65. The van der Waals surface area contributed by atoms with Gasteiger partial charge in [-0.2, -0.15) is 0 Å². The molecule has 0 bridgehead atoms. The number of hydrogen-bond acceptors (Lipinski definition) is 3. The van der Waals surface area contributed by atoms with Crippen LogP contribution in [0.15, 0.2) is 12.5 Å². The maximum absolute atomic E-state index is 5.62. The van der Waals surface area contributed by atoms with Crippen LogP contribution in [-0.4, -0.2) is 29.3 Å². The number of nitrogens with one attached hydrogen (secondary N) is 1. The summed E-state index contributed by atoms with van der Waals surface area (Å²) >= 11 is 0. The van der Waals surface area contributed by atoms with Gasteiger partial charge in [-0.25, -0.2) is 4.98 Å². The molecular weight excluding hydrogens is 226 g/mol. The van der Waals surface area contributed by atoms with Crippen molar-refractivity contribution in [3.05, 3.63) is 18.2 Å². The third-order valence-corrected chi connectivity index (χ3v) is 3.09. The molecule has 0 spiro atoms. The highest BCUT2D eigenvalue weighted by molar-refractivity contribution is 4.96. The van der Waals surface area contributed by atoms with Gasteiger partial charge in [-0.15, -0.1) is 0 Å². The Morgan fingerprint density at radius 3 is 3.06 bits per heavy atom. The summed E-state index contributed by atoms with van der Waals surface area (Å²) in [4.78, 5) is 4.38. The van der Waals surface area contributed by atoms with Gasteiger partial charge in [-0.05, 0) is 31.2 Å². The normalized spacial score (nSPS) is 15.5. The van der Waals surface area contributed by atoms with E-state index in [1.165, 1.54) is 12.8 Å². The molecule has 1 aliphatic carbocycles. The summed E-state index contributed by atoms with van der Waals surface area (Å²) in [5.74, 6) is 1.53.